The first-order chi connectivity index (χ1) is 17.5. The van der Waals surface area contributed by atoms with E-state index in [-0.39, 0.29) is 22.1 Å². The number of nitriles is 1. The molecule has 6 heteroatoms. The standard InChI is InChI=1S/C29H42O3.C4H3NO2/c1-26(2,3)17-13-14-18(20(15-17)27(4,5)6)22-19(25(31)32)16-21(28(7,8)9)24(30)23(22)29(10,11)12;1-2-4(6)7-3-5/h13-16,30H,1-12H3,(H,31,32);2H,1H2. The highest BCUT2D eigenvalue weighted by atomic mass is 16.5. The van der Waals surface area contributed by atoms with Crippen LogP contribution in [-0.4, -0.2) is 22.2 Å². The molecule has 0 amide bonds. The van der Waals surface area contributed by atoms with Crippen molar-refractivity contribution in [1.82, 2.24) is 0 Å². The number of phenolic OH excluding ortho intramolecular Hbond substituents is 1. The summed E-state index contributed by atoms with van der Waals surface area (Å²) >= 11 is 0. The van der Waals surface area contributed by atoms with Gasteiger partial charge in [-0.1, -0.05) is 108 Å². The summed E-state index contributed by atoms with van der Waals surface area (Å²) in [4.78, 5) is 22.4. The number of aromatic carboxylic acids is 1. The molecular weight excluding hydrogens is 490 g/mol. The molecule has 0 saturated heterocycles. The van der Waals surface area contributed by atoms with Crippen molar-refractivity contribution < 1.29 is 24.5 Å². The minimum Gasteiger partial charge on any atom is -0.507 e. The number of esters is 1. The number of carboxylic acid groups (broad SMARTS) is 1. The molecule has 2 rings (SSSR count). The zero-order valence-corrected chi connectivity index (χ0v) is 25.7. The number of hydrogen-bond acceptors (Lipinski definition) is 5. The number of phenols is 1. The molecule has 2 aromatic rings. The Bertz CT molecular complexity index is 1280. The predicted molar refractivity (Wildman–Crippen MR) is 157 cm³/mol. The zero-order chi connectivity index (χ0) is 30.7. The molecule has 2 aromatic carbocycles. The minimum absolute atomic E-state index is 0.0285. The summed E-state index contributed by atoms with van der Waals surface area (Å²) in [7, 11) is 0. The van der Waals surface area contributed by atoms with E-state index in [1.165, 1.54) is 11.8 Å². The van der Waals surface area contributed by atoms with Gasteiger partial charge in [0, 0.05) is 22.8 Å². The van der Waals surface area contributed by atoms with Gasteiger partial charge in [-0.2, -0.15) is 0 Å². The summed E-state index contributed by atoms with van der Waals surface area (Å²) < 4.78 is 3.74. The fraction of sp³-hybridized carbons (Fsp3) is 0.485. The third-order valence-corrected chi connectivity index (χ3v) is 6.36. The van der Waals surface area contributed by atoms with E-state index in [1.807, 2.05) is 47.6 Å². The van der Waals surface area contributed by atoms with Gasteiger partial charge in [-0.15, -0.1) is 5.26 Å². The topological polar surface area (TPSA) is 108 Å². The van der Waals surface area contributed by atoms with Gasteiger partial charge in [0.25, 0.3) is 6.26 Å². The smallest absolute Gasteiger partial charge is 0.345 e. The van der Waals surface area contributed by atoms with E-state index in [0.29, 0.717) is 16.7 Å². The van der Waals surface area contributed by atoms with E-state index >= 15 is 0 Å². The van der Waals surface area contributed by atoms with E-state index in [0.717, 1.165) is 17.2 Å². The molecule has 0 aliphatic rings. The molecule has 0 saturated carbocycles. The van der Waals surface area contributed by atoms with Crippen LogP contribution < -0.4 is 0 Å². The third-order valence-electron chi connectivity index (χ3n) is 6.36. The number of hydrogen-bond donors (Lipinski definition) is 2. The van der Waals surface area contributed by atoms with Crippen molar-refractivity contribution in [2.45, 2.75) is 105 Å². The third kappa shape index (κ3) is 8.20. The molecule has 0 bridgehead atoms. The van der Waals surface area contributed by atoms with Crippen LogP contribution in [-0.2, 0) is 31.2 Å². The molecule has 212 valence electrons. The van der Waals surface area contributed by atoms with E-state index in [4.69, 9.17) is 5.26 Å². The second-order valence-electron chi connectivity index (χ2n) is 13.9. The van der Waals surface area contributed by atoms with Crippen LogP contribution in [0.4, 0.5) is 0 Å². The second-order valence-corrected chi connectivity index (χ2v) is 13.9. The van der Waals surface area contributed by atoms with Crippen LogP contribution in [0.15, 0.2) is 36.9 Å². The highest BCUT2D eigenvalue weighted by Gasteiger charge is 2.35. The molecule has 39 heavy (non-hydrogen) atoms. The van der Waals surface area contributed by atoms with E-state index < -0.39 is 22.8 Å². The summed E-state index contributed by atoms with van der Waals surface area (Å²) in [6, 6.07) is 8.03. The first kappa shape index (κ1) is 33.4. The Kier molecular flexibility index (Phi) is 9.99. The molecule has 0 spiro atoms. The van der Waals surface area contributed by atoms with Crippen molar-refractivity contribution in [3.63, 3.8) is 0 Å². The monoisotopic (exact) mass is 535 g/mol. The lowest BCUT2D eigenvalue weighted by Crippen LogP contribution is -2.23. The second kappa shape index (κ2) is 11.7. The molecule has 0 aliphatic carbocycles. The van der Waals surface area contributed by atoms with E-state index in [9.17, 15) is 19.8 Å². The number of carboxylic acids is 1. The van der Waals surface area contributed by atoms with Crippen LogP contribution in [0.5, 0.6) is 5.75 Å². The number of benzene rings is 2. The van der Waals surface area contributed by atoms with Crippen LogP contribution >= 0.6 is 0 Å². The van der Waals surface area contributed by atoms with E-state index in [2.05, 4.69) is 65.0 Å². The minimum atomic E-state index is -0.976. The van der Waals surface area contributed by atoms with Gasteiger partial charge in [-0.25, -0.2) is 9.59 Å². The average molecular weight is 536 g/mol. The lowest BCUT2D eigenvalue weighted by Gasteiger charge is -2.33. The van der Waals surface area contributed by atoms with Crippen LogP contribution in [0.25, 0.3) is 11.1 Å². The highest BCUT2D eigenvalue weighted by Crippen LogP contribution is 2.48. The van der Waals surface area contributed by atoms with Crippen LogP contribution in [0.1, 0.15) is 116 Å². The Balaban J connectivity index is 0.000000956. The number of nitrogens with zero attached hydrogens (tertiary/aromatic N) is 1. The van der Waals surface area contributed by atoms with Crippen molar-refractivity contribution in [3.05, 3.63) is 64.7 Å². The fourth-order valence-corrected chi connectivity index (χ4v) is 4.36. The first-order valence-electron chi connectivity index (χ1n) is 13.0. The summed E-state index contributed by atoms with van der Waals surface area (Å²) in [5.74, 6) is -1.50. The molecular formula is C33H45NO5. The molecule has 0 aromatic heterocycles. The molecule has 0 fully saturated rings. The van der Waals surface area contributed by atoms with Gasteiger partial charge in [0.15, 0.2) is 0 Å². The van der Waals surface area contributed by atoms with Gasteiger partial charge in [0.05, 0.1) is 5.56 Å². The van der Waals surface area contributed by atoms with Crippen molar-refractivity contribution in [1.29, 1.82) is 5.26 Å². The van der Waals surface area contributed by atoms with Gasteiger partial charge in [0.2, 0.25) is 0 Å². The first-order valence-corrected chi connectivity index (χ1v) is 13.0. The number of ether oxygens (including phenoxy) is 1. The fourth-order valence-electron chi connectivity index (χ4n) is 4.36. The Morgan fingerprint density at radius 2 is 1.36 bits per heavy atom. The zero-order valence-electron chi connectivity index (χ0n) is 25.7. The molecule has 0 unspecified atom stereocenters. The molecule has 2 N–H and O–H groups in total. The number of carbonyl (C=O) groups is 2. The SMILES string of the molecule is C=CC(=O)OC#N.CC(C)(C)c1ccc(-c2c(C(=O)O)cc(C(C)(C)C)c(O)c2C(C)(C)C)c(C(C)(C)C)c1. The van der Waals surface area contributed by atoms with Crippen LogP contribution in [0.3, 0.4) is 0 Å². The quantitative estimate of drug-likeness (QED) is 0.233. The molecule has 0 radical (unpaired) electrons. The Labute approximate surface area is 234 Å². The molecule has 0 heterocycles. The van der Waals surface area contributed by atoms with E-state index in [1.54, 1.807) is 6.07 Å². The van der Waals surface area contributed by atoms with Gasteiger partial charge in [-0.3, -0.25) is 0 Å². The molecule has 6 nitrogen and oxygen atoms in total. The number of carbonyl (C=O) groups excluding carboxylic acids is 1. The van der Waals surface area contributed by atoms with Gasteiger partial charge >= 0.3 is 11.9 Å². The Morgan fingerprint density at radius 1 is 0.846 bits per heavy atom. The maximum absolute atomic E-state index is 12.6. The summed E-state index contributed by atoms with van der Waals surface area (Å²) in [5, 5.41) is 29.4. The van der Waals surface area contributed by atoms with Crippen molar-refractivity contribution in [2.24, 2.45) is 0 Å². The van der Waals surface area contributed by atoms with Gasteiger partial charge in [-0.05, 0) is 44.4 Å². The Hall–Kier alpha value is -3.59. The summed E-state index contributed by atoms with van der Waals surface area (Å²) in [6.07, 6.45) is 2.12. The highest BCUT2D eigenvalue weighted by molar-refractivity contribution is 5.99. The normalized spacial score (nSPS) is 12.1. The van der Waals surface area contributed by atoms with Crippen LogP contribution in [0.2, 0.25) is 0 Å². The summed E-state index contributed by atoms with van der Waals surface area (Å²) in [5.41, 5.74) is 4.30. The average Bonchev–Trinajstić information content (AvgIpc) is 2.75. The molecule has 0 atom stereocenters. The predicted octanol–water partition coefficient (Wildman–Crippen LogP) is 8.14. The largest absolute Gasteiger partial charge is 0.507 e. The van der Waals surface area contributed by atoms with Crippen LogP contribution in [0, 0.1) is 11.5 Å². The lowest BCUT2D eigenvalue weighted by molar-refractivity contribution is -0.131. The van der Waals surface area contributed by atoms with Gasteiger partial charge in [0.1, 0.15) is 5.75 Å². The lowest BCUT2D eigenvalue weighted by atomic mass is 9.71. The van der Waals surface area contributed by atoms with Crippen molar-refractivity contribution >= 4 is 11.9 Å². The van der Waals surface area contributed by atoms with Gasteiger partial charge < -0.3 is 14.9 Å². The number of rotatable bonds is 3. The summed E-state index contributed by atoms with van der Waals surface area (Å²) in [6.45, 7) is 28.1. The maximum Gasteiger partial charge on any atom is 0.345 e. The number of aromatic hydroxyl groups is 1. The maximum atomic E-state index is 12.6. The molecule has 0 aliphatic heterocycles. The van der Waals surface area contributed by atoms with Crippen molar-refractivity contribution in [2.75, 3.05) is 0 Å². The Morgan fingerprint density at radius 3 is 1.69 bits per heavy atom. The van der Waals surface area contributed by atoms with Crippen molar-refractivity contribution in [3.8, 4) is 23.1 Å².